The highest BCUT2D eigenvalue weighted by Crippen LogP contribution is 2.14. The van der Waals surface area contributed by atoms with Crippen LogP contribution in [0.5, 0.6) is 5.75 Å². The molecule has 0 aliphatic carbocycles. The van der Waals surface area contributed by atoms with Gasteiger partial charge in [-0.05, 0) is 54.7 Å². The van der Waals surface area contributed by atoms with Gasteiger partial charge in [0.2, 0.25) is 5.91 Å². The Morgan fingerprint density at radius 3 is 2.30 bits per heavy atom. The summed E-state index contributed by atoms with van der Waals surface area (Å²) in [6.45, 7) is 2.70. The fourth-order valence-electron chi connectivity index (χ4n) is 3.10. The lowest BCUT2D eigenvalue weighted by Crippen LogP contribution is -2.52. The molecule has 0 bridgehead atoms. The van der Waals surface area contributed by atoms with Crippen molar-refractivity contribution in [2.75, 3.05) is 18.6 Å². The van der Waals surface area contributed by atoms with Gasteiger partial charge >= 0.3 is 5.97 Å². The fourth-order valence-corrected chi connectivity index (χ4v) is 3.57. The second-order valence-electron chi connectivity index (χ2n) is 7.62. The Hall–Kier alpha value is -3.00. The topological polar surface area (TPSA) is 105 Å². The summed E-state index contributed by atoms with van der Waals surface area (Å²) in [7, 11) is 0. The molecule has 0 radical (unpaired) electrons. The van der Waals surface area contributed by atoms with E-state index in [1.807, 2.05) is 36.6 Å². The van der Waals surface area contributed by atoms with Gasteiger partial charge in [-0.1, -0.05) is 43.7 Å². The predicted molar refractivity (Wildman–Crippen MR) is 131 cm³/mol. The summed E-state index contributed by atoms with van der Waals surface area (Å²) in [6, 6.07) is 14.1. The Kier molecular flexibility index (Phi) is 11.3. The molecule has 33 heavy (non-hydrogen) atoms. The number of aliphatic carboxylic acids is 1. The van der Waals surface area contributed by atoms with E-state index < -0.39 is 29.9 Å². The second kappa shape index (κ2) is 14.2. The molecule has 2 rings (SSSR count). The molecule has 0 aromatic heterocycles. The third-order valence-electron chi connectivity index (χ3n) is 5.01. The highest BCUT2D eigenvalue weighted by atomic mass is 32.2. The molecular weight excluding hydrogens is 440 g/mol. The van der Waals surface area contributed by atoms with E-state index in [9.17, 15) is 19.5 Å². The van der Waals surface area contributed by atoms with E-state index in [1.54, 1.807) is 24.3 Å². The van der Waals surface area contributed by atoms with Gasteiger partial charge in [-0.3, -0.25) is 9.59 Å². The van der Waals surface area contributed by atoms with E-state index in [2.05, 4.69) is 17.6 Å². The van der Waals surface area contributed by atoms with Crippen molar-refractivity contribution in [1.82, 2.24) is 10.6 Å². The zero-order chi connectivity index (χ0) is 24.1. The van der Waals surface area contributed by atoms with Crippen LogP contribution in [-0.2, 0) is 16.0 Å². The van der Waals surface area contributed by atoms with Crippen LogP contribution in [0.25, 0.3) is 0 Å². The summed E-state index contributed by atoms with van der Waals surface area (Å²) in [5, 5.41) is 14.8. The Morgan fingerprint density at radius 1 is 1.00 bits per heavy atom. The third kappa shape index (κ3) is 9.18. The molecule has 0 unspecified atom stereocenters. The van der Waals surface area contributed by atoms with Gasteiger partial charge in [0.1, 0.15) is 17.8 Å². The number of carboxylic acids is 1. The van der Waals surface area contributed by atoms with Gasteiger partial charge in [0.05, 0.1) is 6.61 Å². The van der Waals surface area contributed by atoms with Crippen LogP contribution in [0.15, 0.2) is 54.6 Å². The number of carbonyl (C=O) groups excluding carboxylic acids is 2. The molecule has 2 aromatic rings. The SMILES string of the molecule is CCCCOc1ccc(C(=O)N[C@H](Cc2ccccc2)C(=O)N[C@H](CCSC)C(=O)O)cc1. The monoisotopic (exact) mass is 472 g/mol. The first-order valence-electron chi connectivity index (χ1n) is 11.0. The Balaban J connectivity index is 2.11. The summed E-state index contributed by atoms with van der Waals surface area (Å²) in [5.41, 5.74) is 1.24. The van der Waals surface area contributed by atoms with Gasteiger partial charge in [-0.2, -0.15) is 11.8 Å². The van der Waals surface area contributed by atoms with Crippen molar-refractivity contribution in [1.29, 1.82) is 0 Å². The molecule has 3 N–H and O–H groups in total. The number of amides is 2. The van der Waals surface area contributed by atoms with Gasteiger partial charge in [-0.15, -0.1) is 0 Å². The van der Waals surface area contributed by atoms with Crippen molar-refractivity contribution < 1.29 is 24.2 Å². The molecule has 0 saturated heterocycles. The van der Waals surface area contributed by atoms with Crippen LogP contribution >= 0.6 is 11.8 Å². The van der Waals surface area contributed by atoms with Crippen LogP contribution in [-0.4, -0.2) is 53.6 Å². The van der Waals surface area contributed by atoms with Crippen LogP contribution in [0, 0.1) is 0 Å². The number of hydrogen-bond donors (Lipinski definition) is 3. The smallest absolute Gasteiger partial charge is 0.326 e. The van der Waals surface area contributed by atoms with Crippen LogP contribution in [0.2, 0.25) is 0 Å². The minimum atomic E-state index is -1.10. The lowest BCUT2D eigenvalue weighted by atomic mass is 10.0. The Morgan fingerprint density at radius 2 is 1.70 bits per heavy atom. The number of carbonyl (C=O) groups is 3. The van der Waals surface area contributed by atoms with Gasteiger partial charge in [0, 0.05) is 12.0 Å². The largest absolute Gasteiger partial charge is 0.494 e. The van der Waals surface area contributed by atoms with E-state index in [-0.39, 0.29) is 6.42 Å². The molecule has 0 fully saturated rings. The number of nitrogens with one attached hydrogen (secondary N) is 2. The zero-order valence-electron chi connectivity index (χ0n) is 19.1. The van der Waals surface area contributed by atoms with Crippen molar-refractivity contribution in [3.8, 4) is 5.75 Å². The Bertz CT molecular complexity index is 889. The van der Waals surface area contributed by atoms with E-state index in [1.165, 1.54) is 11.8 Å². The number of thioether (sulfide) groups is 1. The zero-order valence-corrected chi connectivity index (χ0v) is 19.9. The van der Waals surface area contributed by atoms with Crippen molar-refractivity contribution in [3.63, 3.8) is 0 Å². The maximum absolute atomic E-state index is 13.0. The Labute approximate surface area is 199 Å². The van der Waals surface area contributed by atoms with E-state index >= 15 is 0 Å². The lowest BCUT2D eigenvalue weighted by Gasteiger charge is -2.22. The number of carboxylic acid groups (broad SMARTS) is 1. The number of ether oxygens (including phenoxy) is 1. The minimum Gasteiger partial charge on any atom is -0.494 e. The summed E-state index contributed by atoms with van der Waals surface area (Å²) in [5.74, 6) is -0.764. The van der Waals surface area contributed by atoms with Gasteiger partial charge in [0.15, 0.2) is 0 Å². The van der Waals surface area contributed by atoms with E-state index in [4.69, 9.17) is 4.74 Å². The second-order valence-corrected chi connectivity index (χ2v) is 8.61. The summed E-state index contributed by atoms with van der Waals surface area (Å²) < 4.78 is 5.62. The molecule has 2 aromatic carbocycles. The highest BCUT2D eigenvalue weighted by molar-refractivity contribution is 7.98. The standard InChI is InChI=1S/C25H32N2O5S/c1-3-4-15-32-20-12-10-19(11-13-20)23(28)27-22(17-18-8-6-5-7-9-18)24(29)26-21(25(30)31)14-16-33-2/h5-13,21-22H,3-4,14-17H2,1-2H3,(H,26,29)(H,27,28)(H,30,31)/t21-,22-/m1/s1. The number of unbranched alkanes of at least 4 members (excludes halogenated alkanes) is 1. The maximum atomic E-state index is 13.0. The van der Waals surface area contributed by atoms with Crippen molar-refractivity contribution >= 4 is 29.5 Å². The first kappa shape index (κ1) is 26.3. The minimum absolute atomic E-state index is 0.242. The van der Waals surface area contributed by atoms with E-state index in [0.717, 1.165) is 18.4 Å². The number of rotatable bonds is 14. The molecule has 0 spiro atoms. The molecule has 0 aliphatic heterocycles. The van der Waals surface area contributed by atoms with Crippen molar-refractivity contribution in [2.24, 2.45) is 0 Å². The number of benzene rings is 2. The van der Waals surface area contributed by atoms with Crippen LogP contribution in [0.4, 0.5) is 0 Å². The molecule has 2 atom stereocenters. The quantitative estimate of drug-likeness (QED) is 0.363. The number of hydrogen-bond acceptors (Lipinski definition) is 5. The summed E-state index contributed by atoms with van der Waals surface area (Å²) >= 11 is 1.51. The molecule has 0 aliphatic rings. The molecule has 178 valence electrons. The predicted octanol–water partition coefficient (Wildman–Crippen LogP) is 3.53. The van der Waals surface area contributed by atoms with Gasteiger partial charge in [-0.25, -0.2) is 4.79 Å². The normalized spacial score (nSPS) is 12.4. The summed E-state index contributed by atoms with van der Waals surface area (Å²) in [4.78, 5) is 37.4. The first-order valence-corrected chi connectivity index (χ1v) is 12.4. The molecule has 0 heterocycles. The van der Waals surface area contributed by atoms with Crippen LogP contribution < -0.4 is 15.4 Å². The lowest BCUT2D eigenvalue weighted by molar-refractivity contribution is -0.142. The van der Waals surface area contributed by atoms with Crippen molar-refractivity contribution in [3.05, 3.63) is 65.7 Å². The highest BCUT2D eigenvalue weighted by Gasteiger charge is 2.27. The van der Waals surface area contributed by atoms with Crippen LogP contribution in [0.1, 0.15) is 42.1 Å². The molecule has 7 nitrogen and oxygen atoms in total. The molecular formula is C25H32N2O5S. The van der Waals surface area contributed by atoms with Gasteiger partial charge in [0.25, 0.3) is 5.91 Å². The van der Waals surface area contributed by atoms with E-state index in [0.29, 0.717) is 30.1 Å². The van der Waals surface area contributed by atoms with Gasteiger partial charge < -0.3 is 20.5 Å². The first-order chi connectivity index (χ1) is 15.9. The average Bonchev–Trinajstić information content (AvgIpc) is 2.82. The third-order valence-corrected chi connectivity index (χ3v) is 5.66. The maximum Gasteiger partial charge on any atom is 0.326 e. The fraction of sp³-hybridized carbons (Fsp3) is 0.400. The molecule has 2 amide bonds. The molecule has 8 heteroatoms. The molecule has 0 saturated carbocycles. The average molecular weight is 473 g/mol. The van der Waals surface area contributed by atoms with Crippen molar-refractivity contribution in [2.45, 2.75) is 44.7 Å². The summed E-state index contributed by atoms with van der Waals surface area (Å²) in [6.07, 6.45) is 4.40. The van der Waals surface area contributed by atoms with Crippen LogP contribution in [0.3, 0.4) is 0 Å².